The first-order chi connectivity index (χ1) is 19.4. The predicted octanol–water partition coefficient (Wildman–Crippen LogP) is 5.06. The van der Waals surface area contributed by atoms with Crippen molar-refractivity contribution in [3.8, 4) is 45.6 Å². The van der Waals surface area contributed by atoms with Crippen LogP contribution in [0.4, 0.5) is 0 Å². The fourth-order valence-electron chi connectivity index (χ4n) is 5.02. The smallest absolute Gasteiger partial charge is 0.357 e. The van der Waals surface area contributed by atoms with Gasteiger partial charge in [0.15, 0.2) is 0 Å². The van der Waals surface area contributed by atoms with Crippen LogP contribution in [0.25, 0.3) is 79.2 Å². The number of rotatable bonds is 0. The second-order valence-corrected chi connectivity index (χ2v) is 10.7. The molecule has 0 radical (unpaired) electrons. The van der Waals surface area contributed by atoms with Gasteiger partial charge in [0.1, 0.15) is 23.2 Å². The maximum absolute atomic E-state index is 4.97. The Balaban J connectivity index is 0.00000276. The van der Waals surface area contributed by atoms with Gasteiger partial charge in [0.25, 0.3) is 0 Å². The number of hydrogen-bond acceptors (Lipinski definition) is 8. The van der Waals surface area contributed by atoms with Gasteiger partial charge >= 0.3 is 16.5 Å². The summed E-state index contributed by atoms with van der Waals surface area (Å²) in [7, 11) is 0. The van der Waals surface area contributed by atoms with E-state index in [2.05, 4.69) is 64.1 Å². The van der Waals surface area contributed by atoms with E-state index in [4.69, 9.17) is 24.9 Å². The van der Waals surface area contributed by atoms with Crippen molar-refractivity contribution in [2.24, 2.45) is 0 Å². The van der Waals surface area contributed by atoms with Crippen LogP contribution in [0.5, 0.6) is 0 Å². The van der Waals surface area contributed by atoms with E-state index in [0.717, 1.165) is 33.0 Å². The fraction of sp³-hybridized carbons (Fsp3) is 0.133. The zero-order chi connectivity index (χ0) is 27.0. The topological polar surface area (TPSA) is 131 Å². The van der Waals surface area contributed by atoms with Gasteiger partial charge in [0.05, 0.1) is 11.6 Å². The summed E-state index contributed by atoms with van der Waals surface area (Å²) >= 11 is 0. The van der Waals surface area contributed by atoms with Gasteiger partial charge in [0.2, 0.25) is 0 Å². The van der Waals surface area contributed by atoms with Gasteiger partial charge < -0.3 is 15.0 Å². The van der Waals surface area contributed by atoms with Gasteiger partial charge in [-0.05, 0) is 27.8 Å². The molecule has 10 nitrogen and oxygen atoms in total. The van der Waals surface area contributed by atoms with E-state index in [-0.39, 0.29) is 33.5 Å². The van der Waals surface area contributed by atoms with Crippen molar-refractivity contribution in [2.75, 3.05) is 0 Å². The Bertz CT molecular complexity index is 2170. The molecule has 5 heterocycles. The number of fused-ring (bicyclic) bond motifs is 17. The van der Waals surface area contributed by atoms with Crippen molar-refractivity contribution < 1.29 is 16.5 Å². The molecule has 0 spiro atoms. The number of hydrogen-bond donors (Lipinski definition) is 0. The summed E-state index contributed by atoms with van der Waals surface area (Å²) in [6.45, 7) is 6.56. The molecule has 3 aromatic carbocycles. The minimum Gasteiger partial charge on any atom is -0.357 e. The maximum Gasteiger partial charge on any atom is 2.00 e. The molecule has 200 valence electrons. The summed E-state index contributed by atoms with van der Waals surface area (Å²) in [5.74, 6) is 2.25. The van der Waals surface area contributed by atoms with E-state index in [1.807, 2.05) is 48.5 Å². The zero-order valence-corrected chi connectivity index (χ0v) is 23.1. The molecule has 2 aliphatic rings. The first-order valence-electron chi connectivity index (χ1n) is 12.9. The van der Waals surface area contributed by atoms with Gasteiger partial charge in [-0.25, -0.2) is 20.2 Å². The minimum atomic E-state index is -0.0569. The summed E-state index contributed by atoms with van der Waals surface area (Å²) in [6.07, 6.45) is 0. The normalized spacial score (nSPS) is 12.1. The Morgan fingerprint density at radius 2 is 0.976 bits per heavy atom. The van der Waals surface area contributed by atoms with Crippen LogP contribution in [0.15, 0.2) is 66.7 Å². The third kappa shape index (κ3) is 4.08. The van der Waals surface area contributed by atoms with Crippen LogP contribution in [0.1, 0.15) is 26.3 Å². The molecule has 0 saturated heterocycles. The molecule has 0 N–H and O–H groups in total. The van der Waals surface area contributed by atoms with Gasteiger partial charge in [-0.15, -0.1) is 0 Å². The van der Waals surface area contributed by atoms with Crippen molar-refractivity contribution in [3.05, 3.63) is 72.3 Å². The summed E-state index contributed by atoms with van der Waals surface area (Å²) in [6, 6.07) is 21.9. The first kappa shape index (κ1) is 25.1. The third-order valence-electron chi connectivity index (χ3n) is 7.08. The molecule has 0 amide bonds. The minimum absolute atomic E-state index is 0. The summed E-state index contributed by atoms with van der Waals surface area (Å²) in [5.41, 5.74) is 5.55. The fourth-order valence-corrected chi connectivity index (χ4v) is 5.02. The molecule has 11 heteroatoms. The van der Waals surface area contributed by atoms with Crippen LogP contribution >= 0.6 is 0 Å². The average molecular weight is 579 g/mol. The molecule has 0 unspecified atom stereocenters. The molecule has 3 aromatic heterocycles. The molecule has 6 aromatic rings. The Hall–Kier alpha value is -4.89. The Morgan fingerprint density at radius 1 is 0.512 bits per heavy atom. The molecule has 0 aliphatic carbocycles. The van der Waals surface area contributed by atoms with Crippen molar-refractivity contribution in [2.45, 2.75) is 26.2 Å². The van der Waals surface area contributed by atoms with E-state index >= 15 is 0 Å². The van der Waals surface area contributed by atoms with E-state index in [1.54, 1.807) is 0 Å². The third-order valence-corrected chi connectivity index (χ3v) is 7.08. The van der Waals surface area contributed by atoms with Gasteiger partial charge in [0, 0.05) is 33.5 Å². The predicted molar refractivity (Wildman–Crippen MR) is 151 cm³/mol. The average Bonchev–Trinajstić information content (AvgIpc) is 3.70. The van der Waals surface area contributed by atoms with Crippen molar-refractivity contribution in [1.82, 2.24) is 50.1 Å². The van der Waals surface area contributed by atoms with Gasteiger partial charge in [-0.1, -0.05) is 81.4 Å². The van der Waals surface area contributed by atoms with E-state index in [9.17, 15) is 0 Å². The van der Waals surface area contributed by atoms with Gasteiger partial charge in [-0.3, -0.25) is 15.0 Å². The second kappa shape index (κ2) is 9.07. The largest absolute Gasteiger partial charge is 2.00 e. The Labute approximate surface area is 243 Å². The molecule has 0 atom stereocenters. The van der Waals surface area contributed by atoms with Crippen molar-refractivity contribution >= 4 is 33.6 Å². The molecular formula is C30H20N10Ni. The Kier molecular flexibility index (Phi) is 5.56. The van der Waals surface area contributed by atoms with Crippen LogP contribution in [-0.4, -0.2) is 40.1 Å². The zero-order valence-electron chi connectivity index (χ0n) is 22.1. The summed E-state index contributed by atoms with van der Waals surface area (Å²) < 4.78 is 0. The van der Waals surface area contributed by atoms with Gasteiger partial charge in [-0.2, -0.15) is 0 Å². The van der Waals surface area contributed by atoms with Crippen LogP contribution in [0, 0.1) is 0 Å². The van der Waals surface area contributed by atoms with Crippen molar-refractivity contribution in [3.63, 3.8) is 0 Å². The number of nitrogens with zero attached hydrogens (tertiary/aromatic N) is 10. The molecule has 8 rings (SSSR count). The molecule has 0 saturated carbocycles. The number of benzene rings is 3. The van der Waals surface area contributed by atoms with E-state index in [0.29, 0.717) is 34.6 Å². The Morgan fingerprint density at radius 3 is 1.46 bits per heavy atom. The number of aromatic nitrogens is 10. The summed E-state index contributed by atoms with van der Waals surface area (Å²) in [5, 5.41) is 10.0. The van der Waals surface area contributed by atoms with Crippen LogP contribution in [0.2, 0.25) is 0 Å². The van der Waals surface area contributed by atoms with Crippen molar-refractivity contribution in [1.29, 1.82) is 0 Å². The molecule has 0 fully saturated rings. The monoisotopic (exact) mass is 578 g/mol. The standard InChI is InChI=1S/C30H20N10.Ni/c1-30(2,3)15-12-13-20-21(14-15)27-34-23-17-9-5-7-11-19(17)26(33-23)37-29-38-28(39-40-29)36-25-18-10-6-4-8-16(18)22(32-25)31-24(20)35-27;/h4-14H,1-3H3;/q-2;+2. The molecule has 41 heavy (non-hydrogen) atoms. The quantitative estimate of drug-likeness (QED) is 0.225. The van der Waals surface area contributed by atoms with Crippen LogP contribution in [0.3, 0.4) is 0 Å². The molecular weight excluding hydrogens is 559 g/mol. The molecule has 8 bridgehead atoms. The first-order valence-corrected chi connectivity index (χ1v) is 12.9. The SMILES string of the molecule is CC(C)(C)c1ccc2c3nc4nc(nc5nnc(nc6nc(nc([n-]3)c2c1)-c1ccccc1-6)[n-]5)-c1ccccc1-4.[Ni+2]. The van der Waals surface area contributed by atoms with Crippen LogP contribution < -0.4 is 9.97 Å². The summed E-state index contributed by atoms with van der Waals surface area (Å²) in [4.78, 5) is 37.9. The second-order valence-electron chi connectivity index (χ2n) is 10.7. The maximum atomic E-state index is 4.97. The van der Waals surface area contributed by atoms with Crippen LogP contribution in [-0.2, 0) is 21.9 Å². The van der Waals surface area contributed by atoms with E-state index < -0.39 is 0 Å². The van der Waals surface area contributed by atoms with E-state index in [1.165, 1.54) is 5.56 Å². The molecule has 2 aliphatic heterocycles.